The van der Waals surface area contributed by atoms with Gasteiger partial charge < -0.3 is 14.8 Å². The first-order valence-corrected chi connectivity index (χ1v) is 8.93. The number of ether oxygens (including phenoxy) is 2. The van der Waals surface area contributed by atoms with Crippen molar-refractivity contribution < 1.29 is 27.1 Å². The first kappa shape index (κ1) is 18.5. The van der Waals surface area contributed by atoms with Crippen LogP contribution in [0.3, 0.4) is 0 Å². The summed E-state index contributed by atoms with van der Waals surface area (Å²) in [5.41, 5.74) is 0.232. The molecule has 0 spiro atoms. The Morgan fingerprint density at radius 1 is 1.00 bits per heavy atom. The normalized spacial score (nSPS) is 10.9. The number of halogens is 1. The van der Waals surface area contributed by atoms with Gasteiger partial charge in [-0.2, -0.15) is 0 Å². The summed E-state index contributed by atoms with van der Waals surface area (Å²) in [5.74, 6) is -0.409. The Labute approximate surface area is 144 Å². The first-order valence-electron chi connectivity index (χ1n) is 7.03. The standard InChI is InChI=1S/C16H17FN2O5S/c1-23-12-6-10(7-13(9-12)24-2)16(20)18-15-8-11(17)4-5-14(15)19-25(3,21)22/h4-9,19H,1-3H3,(H,18,20). The number of sulfonamides is 1. The minimum atomic E-state index is -3.60. The molecule has 0 aliphatic heterocycles. The molecule has 0 bridgehead atoms. The molecule has 134 valence electrons. The van der Waals surface area contributed by atoms with Gasteiger partial charge in [-0.05, 0) is 30.3 Å². The fraction of sp³-hybridized carbons (Fsp3) is 0.188. The van der Waals surface area contributed by atoms with Gasteiger partial charge in [0.15, 0.2) is 0 Å². The van der Waals surface area contributed by atoms with Crippen molar-refractivity contribution in [1.29, 1.82) is 0 Å². The van der Waals surface area contributed by atoms with Gasteiger partial charge in [-0.1, -0.05) is 0 Å². The number of benzene rings is 2. The number of rotatable bonds is 6. The molecule has 0 fully saturated rings. The fourth-order valence-corrected chi connectivity index (χ4v) is 2.62. The summed E-state index contributed by atoms with van der Waals surface area (Å²) in [6, 6.07) is 7.86. The molecule has 0 aliphatic carbocycles. The molecule has 7 nitrogen and oxygen atoms in total. The SMILES string of the molecule is COc1cc(OC)cc(C(=O)Nc2cc(F)ccc2NS(C)(=O)=O)c1. The van der Waals surface area contributed by atoms with Gasteiger partial charge in [-0.25, -0.2) is 12.8 Å². The number of anilines is 2. The fourth-order valence-electron chi connectivity index (χ4n) is 2.04. The number of carbonyl (C=O) groups is 1. The van der Waals surface area contributed by atoms with Crippen molar-refractivity contribution in [1.82, 2.24) is 0 Å². The highest BCUT2D eigenvalue weighted by molar-refractivity contribution is 7.92. The van der Waals surface area contributed by atoms with Gasteiger partial charge >= 0.3 is 0 Å². The van der Waals surface area contributed by atoms with Crippen LogP contribution in [0.2, 0.25) is 0 Å². The molecule has 0 radical (unpaired) electrons. The molecule has 0 heterocycles. The van der Waals surface area contributed by atoms with E-state index in [1.54, 1.807) is 6.07 Å². The van der Waals surface area contributed by atoms with E-state index < -0.39 is 21.7 Å². The van der Waals surface area contributed by atoms with Gasteiger partial charge in [-0.3, -0.25) is 9.52 Å². The van der Waals surface area contributed by atoms with Crippen molar-refractivity contribution in [3.05, 3.63) is 47.8 Å². The molecule has 2 aromatic carbocycles. The van der Waals surface area contributed by atoms with Crippen LogP contribution in [0.5, 0.6) is 11.5 Å². The zero-order chi connectivity index (χ0) is 18.6. The first-order chi connectivity index (χ1) is 11.7. The lowest BCUT2D eigenvalue weighted by Gasteiger charge is -2.13. The molecule has 9 heteroatoms. The predicted molar refractivity (Wildman–Crippen MR) is 92.4 cm³/mol. The number of amides is 1. The van der Waals surface area contributed by atoms with E-state index in [-0.39, 0.29) is 16.9 Å². The lowest BCUT2D eigenvalue weighted by Crippen LogP contribution is -2.16. The van der Waals surface area contributed by atoms with E-state index in [0.717, 1.165) is 18.4 Å². The molecular weight excluding hydrogens is 351 g/mol. The lowest BCUT2D eigenvalue weighted by molar-refractivity contribution is 0.102. The molecule has 2 rings (SSSR count). The Morgan fingerprint density at radius 2 is 1.60 bits per heavy atom. The Bertz CT molecular complexity index is 877. The summed E-state index contributed by atoms with van der Waals surface area (Å²) in [4.78, 5) is 12.5. The van der Waals surface area contributed by atoms with Crippen LogP contribution in [0, 0.1) is 5.82 Å². The number of nitrogens with one attached hydrogen (secondary N) is 2. The summed E-state index contributed by atoms with van der Waals surface area (Å²) in [5, 5.41) is 2.48. The van der Waals surface area contributed by atoms with Crippen molar-refractivity contribution >= 4 is 27.3 Å². The number of carbonyl (C=O) groups excluding carboxylic acids is 1. The maximum absolute atomic E-state index is 13.5. The highest BCUT2D eigenvalue weighted by atomic mass is 32.2. The summed E-state index contributed by atoms with van der Waals surface area (Å²) < 4.78 is 48.7. The average Bonchev–Trinajstić information content (AvgIpc) is 2.55. The molecule has 0 aromatic heterocycles. The third-order valence-electron chi connectivity index (χ3n) is 3.14. The van der Waals surface area contributed by atoms with E-state index in [1.807, 2.05) is 0 Å². The van der Waals surface area contributed by atoms with Crippen molar-refractivity contribution in [2.45, 2.75) is 0 Å². The molecule has 1 amide bonds. The van der Waals surface area contributed by atoms with E-state index in [2.05, 4.69) is 10.0 Å². The van der Waals surface area contributed by atoms with Gasteiger partial charge in [0.05, 0.1) is 31.9 Å². The van der Waals surface area contributed by atoms with E-state index in [1.165, 1.54) is 32.4 Å². The Morgan fingerprint density at radius 3 is 2.12 bits per heavy atom. The zero-order valence-corrected chi connectivity index (χ0v) is 14.6. The Hall–Kier alpha value is -2.81. The summed E-state index contributed by atoms with van der Waals surface area (Å²) in [7, 11) is -0.715. The topological polar surface area (TPSA) is 93.7 Å². The number of hydrogen-bond acceptors (Lipinski definition) is 5. The van der Waals surface area contributed by atoms with Crippen LogP contribution in [0.1, 0.15) is 10.4 Å². The highest BCUT2D eigenvalue weighted by Gasteiger charge is 2.14. The smallest absolute Gasteiger partial charge is 0.255 e. The van der Waals surface area contributed by atoms with Crippen LogP contribution in [-0.2, 0) is 10.0 Å². The molecule has 0 atom stereocenters. The van der Waals surface area contributed by atoms with Crippen molar-refractivity contribution in [2.24, 2.45) is 0 Å². The summed E-state index contributed by atoms with van der Waals surface area (Å²) in [6.07, 6.45) is 0.953. The van der Waals surface area contributed by atoms with E-state index in [0.29, 0.717) is 11.5 Å². The van der Waals surface area contributed by atoms with E-state index in [9.17, 15) is 17.6 Å². The number of hydrogen-bond donors (Lipinski definition) is 2. The zero-order valence-electron chi connectivity index (χ0n) is 13.8. The number of methoxy groups -OCH3 is 2. The lowest BCUT2D eigenvalue weighted by atomic mass is 10.1. The van der Waals surface area contributed by atoms with E-state index in [4.69, 9.17) is 9.47 Å². The Balaban J connectivity index is 2.36. The maximum atomic E-state index is 13.5. The van der Waals surface area contributed by atoms with Gasteiger partial charge in [-0.15, -0.1) is 0 Å². The second-order valence-corrected chi connectivity index (χ2v) is 6.87. The maximum Gasteiger partial charge on any atom is 0.255 e. The second kappa shape index (κ2) is 7.39. The predicted octanol–water partition coefficient (Wildman–Crippen LogP) is 2.47. The van der Waals surface area contributed by atoms with E-state index >= 15 is 0 Å². The molecule has 0 saturated heterocycles. The summed E-state index contributed by atoms with van der Waals surface area (Å²) in [6.45, 7) is 0. The monoisotopic (exact) mass is 368 g/mol. The Kier molecular flexibility index (Phi) is 5.48. The van der Waals surface area contributed by atoms with Crippen LogP contribution in [0.25, 0.3) is 0 Å². The van der Waals surface area contributed by atoms with Crippen molar-refractivity contribution in [2.75, 3.05) is 30.5 Å². The minimum absolute atomic E-state index is 0.0165. The molecule has 25 heavy (non-hydrogen) atoms. The molecule has 0 unspecified atom stereocenters. The van der Waals surface area contributed by atoms with Gasteiger partial charge in [0.2, 0.25) is 10.0 Å². The average molecular weight is 368 g/mol. The molecule has 0 saturated carbocycles. The van der Waals surface area contributed by atoms with Crippen molar-refractivity contribution in [3.8, 4) is 11.5 Å². The molecule has 0 aliphatic rings. The van der Waals surface area contributed by atoms with Crippen LogP contribution in [0.4, 0.5) is 15.8 Å². The molecule has 2 N–H and O–H groups in total. The third kappa shape index (κ3) is 5.08. The van der Waals surface area contributed by atoms with Gasteiger partial charge in [0, 0.05) is 11.6 Å². The second-order valence-electron chi connectivity index (χ2n) is 5.12. The summed E-state index contributed by atoms with van der Waals surface area (Å²) >= 11 is 0. The largest absolute Gasteiger partial charge is 0.497 e. The van der Waals surface area contributed by atoms with Crippen molar-refractivity contribution in [3.63, 3.8) is 0 Å². The van der Waals surface area contributed by atoms with Gasteiger partial charge in [0.25, 0.3) is 5.91 Å². The quantitative estimate of drug-likeness (QED) is 0.817. The van der Waals surface area contributed by atoms with Crippen LogP contribution >= 0.6 is 0 Å². The van der Waals surface area contributed by atoms with Crippen LogP contribution < -0.4 is 19.5 Å². The highest BCUT2D eigenvalue weighted by Crippen LogP contribution is 2.26. The van der Waals surface area contributed by atoms with Crippen LogP contribution in [0.15, 0.2) is 36.4 Å². The third-order valence-corrected chi connectivity index (χ3v) is 3.73. The molecule has 2 aromatic rings. The van der Waals surface area contributed by atoms with Crippen LogP contribution in [-0.4, -0.2) is 34.8 Å². The van der Waals surface area contributed by atoms with Gasteiger partial charge in [0.1, 0.15) is 17.3 Å². The molecular formula is C16H17FN2O5S. The minimum Gasteiger partial charge on any atom is -0.497 e.